The van der Waals surface area contributed by atoms with Crippen LogP contribution in [0.5, 0.6) is 23.0 Å². The van der Waals surface area contributed by atoms with E-state index >= 15 is 0 Å². The minimum Gasteiger partial charge on any atom is -0.507 e. The Bertz CT molecular complexity index is 1520. The van der Waals surface area contributed by atoms with Crippen LogP contribution in [0.25, 0.3) is 0 Å². The highest BCUT2D eigenvalue weighted by atomic mass is 16.5. The molecule has 0 saturated carbocycles. The fourth-order valence-electron chi connectivity index (χ4n) is 6.79. The highest BCUT2D eigenvalue weighted by Gasteiger charge is 2.39. The highest BCUT2D eigenvalue weighted by Crippen LogP contribution is 2.50. The Balaban J connectivity index is 1.45. The molecule has 2 atom stereocenters. The molecule has 4 aromatic carbocycles. The summed E-state index contributed by atoms with van der Waals surface area (Å²) in [6.07, 6.45) is 3.58. The lowest BCUT2D eigenvalue weighted by Gasteiger charge is -2.39. The molecule has 4 nitrogen and oxygen atoms in total. The van der Waals surface area contributed by atoms with Crippen molar-refractivity contribution in [3.8, 4) is 23.0 Å². The van der Waals surface area contributed by atoms with Gasteiger partial charge in [-0.2, -0.15) is 0 Å². The van der Waals surface area contributed by atoms with Gasteiger partial charge in [0.25, 0.3) is 0 Å². The second kappa shape index (κ2) is 9.87. The molecule has 0 spiro atoms. The van der Waals surface area contributed by atoms with Crippen molar-refractivity contribution in [2.45, 2.75) is 84.8 Å². The Morgan fingerprint density at radius 2 is 0.951 bits per heavy atom. The van der Waals surface area contributed by atoms with Crippen LogP contribution in [-0.4, -0.2) is 10.2 Å². The largest absolute Gasteiger partial charge is 0.507 e. The van der Waals surface area contributed by atoms with Gasteiger partial charge in [-0.15, -0.1) is 0 Å². The molecule has 0 aromatic heterocycles. The van der Waals surface area contributed by atoms with Gasteiger partial charge in [-0.05, 0) is 101 Å². The van der Waals surface area contributed by atoms with Gasteiger partial charge in [-0.3, -0.25) is 0 Å². The standard InChI is InChI=1S/C37H40O4/c1-22-24(3)34-28(17-19-36(5,40-34)26-13-9-7-10-14-26)30(32(22)38)21-31-29-18-20-37(6,27-15-11-8-12-16-27)41-35(29)25(4)23(2)33(31)39/h7-16,38-39H,17-21H2,1-6H3. The Morgan fingerprint density at radius 3 is 1.32 bits per heavy atom. The first-order chi connectivity index (χ1) is 19.5. The van der Waals surface area contributed by atoms with Gasteiger partial charge in [0.15, 0.2) is 0 Å². The fourth-order valence-corrected chi connectivity index (χ4v) is 6.79. The number of hydrogen-bond donors (Lipinski definition) is 2. The fraction of sp³-hybridized carbons (Fsp3) is 0.351. The van der Waals surface area contributed by atoms with Crippen molar-refractivity contribution in [1.82, 2.24) is 0 Å². The highest BCUT2D eigenvalue weighted by molar-refractivity contribution is 5.64. The van der Waals surface area contributed by atoms with Crippen molar-refractivity contribution in [2.24, 2.45) is 0 Å². The lowest BCUT2D eigenvalue weighted by molar-refractivity contribution is 0.0608. The lowest BCUT2D eigenvalue weighted by Crippen LogP contribution is -2.35. The van der Waals surface area contributed by atoms with E-state index in [0.29, 0.717) is 17.9 Å². The minimum atomic E-state index is -0.447. The molecule has 2 unspecified atom stereocenters. The van der Waals surface area contributed by atoms with Gasteiger partial charge in [0.1, 0.15) is 34.2 Å². The van der Waals surface area contributed by atoms with Crippen LogP contribution < -0.4 is 9.47 Å². The third-order valence-corrected chi connectivity index (χ3v) is 9.85. The van der Waals surface area contributed by atoms with Gasteiger partial charge < -0.3 is 19.7 Å². The van der Waals surface area contributed by atoms with E-state index in [1.165, 1.54) is 0 Å². The summed E-state index contributed by atoms with van der Waals surface area (Å²) >= 11 is 0. The zero-order chi connectivity index (χ0) is 29.1. The molecule has 0 fully saturated rings. The molecule has 6 rings (SSSR count). The molecule has 0 saturated heterocycles. The smallest absolute Gasteiger partial charge is 0.132 e. The van der Waals surface area contributed by atoms with E-state index < -0.39 is 11.2 Å². The van der Waals surface area contributed by atoms with Crippen LogP contribution in [0.3, 0.4) is 0 Å². The Kier molecular flexibility index (Phi) is 6.56. The summed E-state index contributed by atoms with van der Waals surface area (Å²) in [5.74, 6) is 2.31. The summed E-state index contributed by atoms with van der Waals surface area (Å²) in [7, 11) is 0. The zero-order valence-corrected chi connectivity index (χ0v) is 25.0. The van der Waals surface area contributed by atoms with Crippen LogP contribution in [-0.2, 0) is 30.5 Å². The molecular weight excluding hydrogens is 508 g/mol. The predicted octanol–water partition coefficient (Wildman–Crippen LogP) is 8.40. The second-order valence-electron chi connectivity index (χ2n) is 12.3. The van der Waals surface area contributed by atoms with Crippen LogP contribution in [0, 0.1) is 27.7 Å². The average Bonchev–Trinajstić information content (AvgIpc) is 3.00. The Hall–Kier alpha value is -3.92. The van der Waals surface area contributed by atoms with Crippen LogP contribution in [0.1, 0.15) is 82.3 Å². The quantitative estimate of drug-likeness (QED) is 0.269. The van der Waals surface area contributed by atoms with Crippen LogP contribution in [0.2, 0.25) is 0 Å². The number of aromatic hydroxyl groups is 2. The molecule has 0 radical (unpaired) electrons. The molecule has 2 heterocycles. The zero-order valence-electron chi connectivity index (χ0n) is 25.0. The number of phenols is 2. The van der Waals surface area contributed by atoms with Gasteiger partial charge in [0.2, 0.25) is 0 Å². The molecule has 0 aliphatic carbocycles. The minimum absolute atomic E-state index is 0.297. The molecule has 0 amide bonds. The number of ether oxygens (including phenoxy) is 2. The summed E-state index contributed by atoms with van der Waals surface area (Å²) in [6, 6.07) is 20.7. The van der Waals surface area contributed by atoms with Crippen molar-refractivity contribution in [1.29, 1.82) is 0 Å². The number of phenolic OH excluding ortho intramolecular Hbond substituents is 2. The van der Waals surface area contributed by atoms with Crippen molar-refractivity contribution in [2.75, 3.05) is 0 Å². The maximum absolute atomic E-state index is 11.5. The summed E-state index contributed by atoms with van der Waals surface area (Å²) in [4.78, 5) is 0. The maximum atomic E-state index is 11.5. The third kappa shape index (κ3) is 4.36. The van der Waals surface area contributed by atoms with Crippen molar-refractivity contribution < 1.29 is 19.7 Å². The van der Waals surface area contributed by atoms with Gasteiger partial charge in [0.05, 0.1) is 0 Å². The first-order valence-corrected chi connectivity index (χ1v) is 14.7. The third-order valence-electron chi connectivity index (χ3n) is 9.85. The van der Waals surface area contributed by atoms with E-state index in [-0.39, 0.29) is 0 Å². The van der Waals surface area contributed by atoms with E-state index in [1.807, 2.05) is 39.8 Å². The number of rotatable bonds is 4. The van der Waals surface area contributed by atoms with Gasteiger partial charge in [-0.25, -0.2) is 0 Å². The summed E-state index contributed by atoms with van der Waals surface area (Å²) in [5.41, 5.74) is 8.75. The van der Waals surface area contributed by atoms with E-state index in [2.05, 4.69) is 62.4 Å². The Labute approximate surface area is 243 Å². The van der Waals surface area contributed by atoms with Crippen molar-refractivity contribution in [3.05, 3.63) is 116 Å². The first kappa shape index (κ1) is 27.3. The lowest BCUT2D eigenvalue weighted by atomic mass is 9.79. The van der Waals surface area contributed by atoms with Gasteiger partial charge in [0, 0.05) is 28.7 Å². The number of benzene rings is 4. The Morgan fingerprint density at radius 1 is 0.585 bits per heavy atom. The van der Waals surface area contributed by atoms with Crippen LogP contribution >= 0.6 is 0 Å². The van der Waals surface area contributed by atoms with Crippen molar-refractivity contribution >= 4 is 0 Å². The average molecular weight is 549 g/mol. The molecule has 4 heteroatoms. The molecule has 2 N–H and O–H groups in total. The molecule has 4 aromatic rings. The SMILES string of the molecule is Cc1c(C)c2c(c(Cc3c(O)c(C)c(C)c4c3CCC(C)(c3ccccc3)O4)c1O)CCC(C)(c1ccccc1)O2. The molecule has 2 aliphatic rings. The van der Waals surface area contributed by atoms with E-state index in [9.17, 15) is 10.2 Å². The van der Waals surface area contributed by atoms with Gasteiger partial charge >= 0.3 is 0 Å². The summed E-state index contributed by atoms with van der Waals surface area (Å²) < 4.78 is 13.6. The normalized spacial score (nSPS) is 21.4. The summed E-state index contributed by atoms with van der Waals surface area (Å²) in [5, 5.41) is 23.1. The predicted molar refractivity (Wildman–Crippen MR) is 163 cm³/mol. The molecular formula is C37H40O4. The monoisotopic (exact) mass is 548 g/mol. The first-order valence-electron chi connectivity index (χ1n) is 14.7. The second-order valence-corrected chi connectivity index (χ2v) is 12.3. The van der Waals surface area contributed by atoms with E-state index in [1.54, 1.807) is 0 Å². The number of fused-ring (bicyclic) bond motifs is 2. The van der Waals surface area contributed by atoms with Gasteiger partial charge in [-0.1, -0.05) is 60.7 Å². The maximum Gasteiger partial charge on any atom is 0.132 e. The summed E-state index contributed by atoms with van der Waals surface area (Å²) in [6.45, 7) is 12.3. The van der Waals surface area contributed by atoms with Crippen molar-refractivity contribution in [3.63, 3.8) is 0 Å². The number of hydrogen-bond acceptors (Lipinski definition) is 4. The molecule has 0 bridgehead atoms. The van der Waals surface area contributed by atoms with Crippen LogP contribution in [0.15, 0.2) is 60.7 Å². The molecule has 2 aliphatic heterocycles. The molecule has 212 valence electrons. The van der Waals surface area contributed by atoms with Crippen LogP contribution in [0.4, 0.5) is 0 Å². The topological polar surface area (TPSA) is 58.9 Å². The van der Waals surface area contributed by atoms with E-state index in [0.717, 1.165) is 92.8 Å². The van der Waals surface area contributed by atoms with E-state index in [4.69, 9.17) is 9.47 Å². The molecule has 41 heavy (non-hydrogen) atoms.